The highest BCUT2D eigenvalue weighted by Crippen LogP contribution is 2.18. The molecular weight excluding hydrogens is 240 g/mol. The fraction of sp³-hybridized carbons (Fsp3) is 0.333. The van der Waals surface area contributed by atoms with Crippen molar-refractivity contribution in [1.82, 2.24) is 15.0 Å². The number of halogens is 2. The third-order valence-electron chi connectivity index (χ3n) is 2.70. The van der Waals surface area contributed by atoms with Gasteiger partial charge in [0.05, 0.1) is 18.3 Å². The minimum absolute atomic E-state index is 0.274. The van der Waals surface area contributed by atoms with Crippen LogP contribution in [-0.4, -0.2) is 26.2 Å². The predicted octanol–water partition coefficient (Wildman–Crippen LogP) is 1.72. The molecule has 1 aromatic carbocycles. The maximum Gasteiger partial charge on any atom is 0.126 e. The molecule has 96 valence electrons. The van der Waals surface area contributed by atoms with Gasteiger partial charge in [-0.25, -0.2) is 13.5 Å². The van der Waals surface area contributed by atoms with Gasteiger partial charge in [-0.05, 0) is 31.0 Å². The van der Waals surface area contributed by atoms with Crippen molar-refractivity contribution in [2.24, 2.45) is 0 Å². The zero-order valence-corrected chi connectivity index (χ0v) is 9.79. The van der Waals surface area contributed by atoms with Crippen LogP contribution < -0.4 is 0 Å². The topological polar surface area (TPSA) is 50.9 Å². The maximum absolute atomic E-state index is 13.1. The van der Waals surface area contributed by atoms with E-state index in [2.05, 4.69) is 10.3 Å². The Balaban J connectivity index is 2.24. The fourth-order valence-corrected chi connectivity index (χ4v) is 1.85. The number of benzene rings is 1. The molecule has 0 aliphatic carbocycles. The zero-order valence-electron chi connectivity index (χ0n) is 9.79. The molecule has 1 heterocycles. The number of hydrogen-bond donors (Lipinski definition) is 1. The smallest absolute Gasteiger partial charge is 0.126 e. The first-order valence-electron chi connectivity index (χ1n) is 5.55. The molecule has 2 aromatic rings. The summed E-state index contributed by atoms with van der Waals surface area (Å²) in [6.45, 7) is 1.60. The molecule has 18 heavy (non-hydrogen) atoms. The van der Waals surface area contributed by atoms with Crippen molar-refractivity contribution in [3.05, 3.63) is 47.8 Å². The van der Waals surface area contributed by atoms with E-state index in [1.165, 1.54) is 23.0 Å². The number of aromatic nitrogens is 3. The SMILES string of the molecule is CC(O)C(Cc1cc(F)cc(F)c1)n1ccnn1. The molecule has 0 spiro atoms. The molecule has 4 nitrogen and oxygen atoms in total. The highest BCUT2D eigenvalue weighted by atomic mass is 19.1. The highest BCUT2D eigenvalue weighted by Gasteiger charge is 2.19. The average Bonchev–Trinajstić information content (AvgIpc) is 2.77. The van der Waals surface area contributed by atoms with Crippen molar-refractivity contribution in [2.45, 2.75) is 25.5 Å². The molecule has 0 radical (unpaired) electrons. The van der Waals surface area contributed by atoms with E-state index < -0.39 is 23.8 Å². The second-order valence-corrected chi connectivity index (χ2v) is 4.17. The quantitative estimate of drug-likeness (QED) is 0.902. The first-order valence-corrected chi connectivity index (χ1v) is 5.55. The van der Waals surface area contributed by atoms with Crippen LogP contribution in [-0.2, 0) is 6.42 Å². The Hall–Kier alpha value is -1.82. The maximum atomic E-state index is 13.1. The van der Waals surface area contributed by atoms with Crippen LogP contribution in [0.3, 0.4) is 0 Å². The van der Waals surface area contributed by atoms with Gasteiger partial charge in [0.1, 0.15) is 11.6 Å². The summed E-state index contributed by atoms with van der Waals surface area (Å²) >= 11 is 0. The van der Waals surface area contributed by atoms with Gasteiger partial charge in [0.25, 0.3) is 0 Å². The third-order valence-corrected chi connectivity index (χ3v) is 2.70. The van der Waals surface area contributed by atoms with Crippen LogP contribution in [0.5, 0.6) is 0 Å². The van der Waals surface area contributed by atoms with Gasteiger partial charge < -0.3 is 5.11 Å². The van der Waals surface area contributed by atoms with E-state index in [0.717, 1.165) is 6.07 Å². The van der Waals surface area contributed by atoms with Gasteiger partial charge >= 0.3 is 0 Å². The standard InChI is InChI=1S/C12H13F2N3O/c1-8(18)12(17-3-2-15-16-17)6-9-4-10(13)7-11(14)5-9/h2-5,7-8,12,18H,6H2,1H3. The lowest BCUT2D eigenvalue weighted by atomic mass is 10.0. The molecule has 0 aliphatic heterocycles. The van der Waals surface area contributed by atoms with E-state index in [9.17, 15) is 13.9 Å². The van der Waals surface area contributed by atoms with Gasteiger partial charge in [-0.1, -0.05) is 5.21 Å². The van der Waals surface area contributed by atoms with Crippen molar-refractivity contribution in [2.75, 3.05) is 0 Å². The summed E-state index contributed by atoms with van der Waals surface area (Å²) in [4.78, 5) is 0. The number of aliphatic hydroxyl groups is 1. The monoisotopic (exact) mass is 253 g/mol. The summed E-state index contributed by atoms with van der Waals surface area (Å²) in [5, 5.41) is 17.2. The molecule has 0 saturated heterocycles. The van der Waals surface area contributed by atoms with E-state index >= 15 is 0 Å². The molecule has 0 bridgehead atoms. The Morgan fingerprint density at radius 3 is 2.44 bits per heavy atom. The summed E-state index contributed by atoms with van der Waals surface area (Å²) in [5.74, 6) is -1.26. The van der Waals surface area contributed by atoms with Gasteiger partial charge in [0, 0.05) is 12.3 Å². The first kappa shape index (κ1) is 12.6. The van der Waals surface area contributed by atoms with Gasteiger partial charge in [0.15, 0.2) is 0 Å². The molecule has 2 rings (SSSR count). The van der Waals surface area contributed by atoms with E-state index in [1.54, 1.807) is 13.1 Å². The molecule has 6 heteroatoms. The van der Waals surface area contributed by atoms with Crippen LogP contribution in [0.2, 0.25) is 0 Å². The molecule has 1 aromatic heterocycles. The van der Waals surface area contributed by atoms with Crippen molar-refractivity contribution in [1.29, 1.82) is 0 Å². The van der Waals surface area contributed by atoms with Gasteiger partial charge in [-0.15, -0.1) is 5.10 Å². The Morgan fingerprint density at radius 2 is 1.94 bits per heavy atom. The molecular formula is C12H13F2N3O. The normalized spacial score (nSPS) is 14.4. The molecule has 0 fully saturated rings. The second-order valence-electron chi connectivity index (χ2n) is 4.17. The van der Waals surface area contributed by atoms with Crippen molar-refractivity contribution in [3.63, 3.8) is 0 Å². The molecule has 2 unspecified atom stereocenters. The minimum Gasteiger partial charge on any atom is -0.391 e. The Bertz CT molecular complexity index is 494. The summed E-state index contributed by atoms with van der Waals surface area (Å²) in [6, 6.07) is 2.90. The van der Waals surface area contributed by atoms with E-state index in [-0.39, 0.29) is 6.42 Å². The Kier molecular flexibility index (Phi) is 3.66. The van der Waals surface area contributed by atoms with Crippen LogP contribution >= 0.6 is 0 Å². The lowest BCUT2D eigenvalue weighted by Crippen LogP contribution is -2.24. The van der Waals surface area contributed by atoms with Crippen LogP contribution in [0.1, 0.15) is 18.5 Å². The number of hydrogen-bond acceptors (Lipinski definition) is 3. The van der Waals surface area contributed by atoms with Crippen LogP contribution in [0.25, 0.3) is 0 Å². The number of aliphatic hydroxyl groups excluding tert-OH is 1. The summed E-state index contributed by atoms with van der Waals surface area (Å²) in [6.07, 6.45) is 2.66. The van der Waals surface area contributed by atoms with Crippen molar-refractivity contribution < 1.29 is 13.9 Å². The zero-order chi connectivity index (χ0) is 13.1. The highest BCUT2D eigenvalue weighted by molar-refractivity contribution is 5.19. The summed E-state index contributed by atoms with van der Waals surface area (Å²) < 4.78 is 27.6. The van der Waals surface area contributed by atoms with E-state index in [0.29, 0.717) is 5.56 Å². The van der Waals surface area contributed by atoms with Gasteiger partial charge in [0.2, 0.25) is 0 Å². The molecule has 0 amide bonds. The van der Waals surface area contributed by atoms with Gasteiger partial charge in [-0.3, -0.25) is 0 Å². The fourth-order valence-electron chi connectivity index (χ4n) is 1.85. The van der Waals surface area contributed by atoms with Crippen LogP contribution in [0.4, 0.5) is 8.78 Å². The Morgan fingerprint density at radius 1 is 1.28 bits per heavy atom. The lowest BCUT2D eigenvalue weighted by Gasteiger charge is -2.19. The predicted molar refractivity (Wildman–Crippen MR) is 60.8 cm³/mol. The molecule has 0 saturated carbocycles. The van der Waals surface area contributed by atoms with E-state index in [4.69, 9.17) is 0 Å². The van der Waals surface area contributed by atoms with Crippen molar-refractivity contribution in [3.8, 4) is 0 Å². The third kappa shape index (κ3) is 2.89. The Labute approximate surface area is 103 Å². The largest absolute Gasteiger partial charge is 0.391 e. The number of rotatable bonds is 4. The summed E-state index contributed by atoms with van der Waals surface area (Å²) in [7, 11) is 0. The van der Waals surface area contributed by atoms with Crippen LogP contribution in [0, 0.1) is 11.6 Å². The van der Waals surface area contributed by atoms with Crippen LogP contribution in [0.15, 0.2) is 30.6 Å². The lowest BCUT2D eigenvalue weighted by molar-refractivity contribution is 0.121. The van der Waals surface area contributed by atoms with Gasteiger partial charge in [-0.2, -0.15) is 0 Å². The molecule has 0 aliphatic rings. The molecule has 1 N–H and O–H groups in total. The van der Waals surface area contributed by atoms with E-state index in [1.807, 2.05) is 0 Å². The average molecular weight is 253 g/mol. The minimum atomic E-state index is -0.710. The number of nitrogens with zero attached hydrogens (tertiary/aromatic N) is 3. The van der Waals surface area contributed by atoms with Crippen molar-refractivity contribution >= 4 is 0 Å². The second kappa shape index (κ2) is 5.22. The molecule has 2 atom stereocenters. The first-order chi connectivity index (χ1) is 8.56. The summed E-state index contributed by atoms with van der Waals surface area (Å²) in [5.41, 5.74) is 0.467.